The van der Waals surface area contributed by atoms with Crippen molar-refractivity contribution in [2.24, 2.45) is 0 Å². The predicted molar refractivity (Wildman–Crippen MR) is 139 cm³/mol. The van der Waals surface area contributed by atoms with Crippen molar-refractivity contribution in [1.29, 1.82) is 0 Å². The number of hydrogen-bond donors (Lipinski definition) is 2. The summed E-state index contributed by atoms with van der Waals surface area (Å²) in [6, 6.07) is 38.3. The van der Waals surface area contributed by atoms with E-state index in [0.29, 0.717) is 12.8 Å². The van der Waals surface area contributed by atoms with E-state index in [1.54, 1.807) is 0 Å². The lowest BCUT2D eigenvalue weighted by Gasteiger charge is -2.34. The first-order valence-corrected chi connectivity index (χ1v) is 12.9. The van der Waals surface area contributed by atoms with Crippen LogP contribution in [0.3, 0.4) is 0 Å². The molecule has 0 aliphatic carbocycles. The van der Waals surface area contributed by atoms with Crippen molar-refractivity contribution in [2.75, 3.05) is 11.5 Å². The molecule has 4 aromatic rings. The topological polar surface area (TPSA) is 63.5 Å². The van der Waals surface area contributed by atoms with Gasteiger partial charge in [-0.2, -0.15) is 0 Å². The fourth-order valence-corrected chi connectivity index (χ4v) is 6.13. The van der Waals surface area contributed by atoms with Gasteiger partial charge in [-0.15, -0.1) is 0 Å². The predicted octanol–water partition coefficient (Wildman–Crippen LogP) is 5.00. The molecule has 0 aliphatic heterocycles. The Morgan fingerprint density at radius 2 is 0.794 bits per heavy atom. The van der Waals surface area contributed by atoms with Crippen molar-refractivity contribution < 1.29 is 14.8 Å². The maximum absolute atomic E-state index is 13.6. The van der Waals surface area contributed by atoms with Crippen molar-refractivity contribution in [3.8, 4) is 0 Å². The lowest BCUT2D eigenvalue weighted by Crippen LogP contribution is -2.43. The lowest BCUT2D eigenvalue weighted by atomic mass is 9.88. The molecule has 4 rings (SSSR count). The van der Waals surface area contributed by atoms with Crippen LogP contribution in [0.5, 0.6) is 0 Å². The van der Waals surface area contributed by atoms with Crippen LogP contribution in [0, 0.1) is 0 Å². The highest BCUT2D eigenvalue weighted by molar-refractivity contribution is 7.91. The number of hydrogen-bond acceptors (Lipinski definition) is 3. The van der Waals surface area contributed by atoms with Crippen LogP contribution in [-0.2, 0) is 35.2 Å². The summed E-state index contributed by atoms with van der Waals surface area (Å²) in [7, 11) is 0. The van der Waals surface area contributed by atoms with Crippen LogP contribution in [-0.4, -0.2) is 26.3 Å². The Balaban J connectivity index is 1.61. The third kappa shape index (κ3) is 6.16. The molecule has 0 bridgehead atoms. The zero-order chi connectivity index (χ0) is 23.9. The van der Waals surface area contributed by atoms with E-state index in [0.717, 1.165) is 22.3 Å². The van der Waals surface area contributed by atoms with Gasteiger partial charge in [-0.25, -0.2) is 0 Å². The highest BCUT2D eigenvalue weighted by Gasteiger charge is 2.40. The van der Waals surface area contributed by atoms with E-state index in [1.165, 1.54) is 0 Å². The van der Waals surface area contributed by atoms with Crippen LogP contribution in [0.4, 0.5) is 0 Å². The van der Waals surface area contributed by atoms with E-state index in [4.69, 9.17) is 0 Å². The van der Waals surface area contributed by atoms with Crippen LogP contribution in [0.1, 0.15) is 22.3 Å². The van der Waals surface area contributed by atoms with Gasteiger partial charge in [0.15, 0.2) is 0 Å². The van der Waals surface area contributed by atoms with Crippen LogP contribution < -0.4 is 0 Å². The summed E-state index contributed by atoms with van der Waals surface area (Å²) in [5.74, 6) is 0.0473. The Hall–Kier alpha value is -2.89. The second kappa shape index (κ2) is 11.0. The molecule has 4 heteroatoms. The quantitative estimate of drug-likeness (QED) is 0.321. The molecule has 0 amide bonds. The smallest absolute Gasteiger partial charge is 0.138 e. The molecule has 3 nitrogen and oxygen atoms in total. The molecule has 0 aliphatic rings. The Morgan fingerprint density at radius 3 is 1.12 bits per heavy atom. The molecule has 2 unspecified atom stereocenters. The summed E-state index contributed by atoms with van der Waals surface area (Å²) in [6.45, 7) is 0. The Kier molecular flexibility index (Phi) is 7.86. The highest BCUT2D eigenvalue weighted by atomic mass is 32.2. The zero-order valence-electron chi connectivity index (χ0n) is 19.1. The van der Waals surface area contributed by atoms with E-state index >= 15 is 0 Å². The van der Waals surface area contributed by atoms with E-state index in [1.807, 2.05) is 121 Å². The molecule has 34 heavy (non-hydrogen) atoms. The lowest BCUT2D eigenvalue weighted by molar-refractivity contribution is 0.0536. The number of rotatable bonds is 10. The first-order valence-electron chi connectivity index (χ1n) is 11.5. The van der Waals surface area contributed by atoms with Gasteiger partial charge in [-0.05, 0) is 33.4 Å². The van der Waals surface area contributed by atoms with Gasteiger partial charge in [0, 0.05) is 12.8 Å². The first kappa shape index (κ1) is 24.2. The molecule has 4 aromatic carbocycles. The van der Waals surface area contributed by atoms with Crippen molar-refractivity contribution in [3.63, 3.8) is 0 Å². The summed E-state index contributed by atoms with van der Waals surface area (Å²) < 4.78 is 13.6. The fraction of sp³-hybridized carbons (Fsp3) is 0.200. The van der Waals surface area contributed by atoms with E-state index in [-0.39, 0.29) is 11.5 Å². The van der Waals surface area contributed by atoms with Gasteiger partial charge in [0.25, 0.3) is 0 Å². The average Bonchev–Trinajstić information content (AvgIpc) is 2.86. The van der Waals surface area contributed by atoms with Gasteiger partial charge in [0.05, 0.1) is 0 Å². The van der Waals surface area contributed by atoms with Crippen LogP contribution in [0.25, 0.3) is 0 Å². The third-order valence-electron chi connectivity index (χ3n) is 6.10. The Labute approximate surface area is 204 Å². The molecule has 2 N–H and O–H groups in total. The molecular weight excluding hydrogens is 440 g/mol. The van der Waals surface area contributed by atoms with Crippen molar-refractivity contribution in [3.05, 3.63) is 144 Å². The monoisotopic (exact) mass is 470 g/mol. The van der Waals surface area contributed by atoms with Gasteiger partial charge in [-0.1, -0.05) is 121 Å². The standard InChI is InChI=1S/C30H30O3S/c31-29(27-17-9-3-10-18-27,21-25-13-5-1-6-14-25)23-34(33)24-30(32,28-19-11-4-12-20-28)22-26-15-7-2-8-16-26/h1-20,31-32H,21-24H2. The summed E-state index contributed by atoms with van der Waals surface area (Å²) in [6.07, 6.45) is 0.679. The maximum Gasteiger partial charge on any atom is 0.138 e. The second-order valence-corrected chi connectivity index (χ2v) is 10.3. The van der Waals surface area contributed by atoms with Gasteiger partial charge in [0.1, 0.15) is 22.7 Å². The SMILES string of the molecule is [O-][S+](CC(O)(Cc1ccccc1)c1ccccc1)CC(O)(Cc1ccccc1)c1ccccc1. The van der Waals surface area contributed by atoms with Gasteiger partial charge < -0.3 is 14.8 Å². The Morgan fingerprint density at radius 1 is 0.500 bits per heavy atom. The van der Waals surface area contributed by atoms with Crippen LogP contribution >= 0.6 is 0 Å². The molecule has 0 saturated carbocycles. The second-order valence-electron chi connectivity index (χ2n) is 8.85. The minimum atomic E-state index is -1.51. The first-order chi connectivity index (χ1) is 16.5. The summed E-state index contributed by atoms with van der Waals surface area (Å²) in [5.41, 5.74) is 0.731. The molecule has 0 saturated heterocycles. The van der Waals surface area contributed by atoms with Crippen molar-refractivity contribution in [2.45, 2.75) is 24.0 Å². The molecule has 0 heterocycles. The summed E-state index contributed by atoms with van der Waals surface area (Å²) >= 11 is -1.51. The fourth-order valence-electron chi connectivity index (χ4n) is 4.42. The van der Waals surface area contributed by atoms with Gasteiger partial charge >= 0.3 is 0 Å². The normalized spacial score (nSPS) is 15.7. The van der Waals surface area contributed by atoms with E-state index in [2.05, 4.69) is 0 Å². The zero-order valence-corrected chi connectivity index (χ0v) is 19.9. The number of aliphatic hydroxyl groups is 2. The van der Waals surface area contributed by atoms with Crippen molar-refractivity contribution >= 4 is 11.2 Å². The van der Waals surface area contributed by atoms with E-state index < -0.39 is 22.4 Å². The largest absolute Gasteiger partial charge is 0.616 e. The third-order valence-corrected chi connectivity index (χ3v) is 7.70. The molecular formula is C30H30O3S. The average molecular weight is 471 g/mol. The minimum Gasteiger partial charge on any atom is -0.616 e. The summed E-state index contributed by atoms with van der Waals surface area (Å²) in [5, 5.41) is 23.6. The molecule has 0 fully saturated rings. The highest BCUT2D eigenvalue weighted by Crippen LogP contribution is 2.32. The summed E-state index contributed by atoms with van der Waals surface area (Å²) in [4.78, 5) is 0. The molecule has 0 aromatic heterocycles. The Bertz CT molecular complexity index is 1050. The van der Waals surface area contributed by atoms with Gasteiger partial charge in [-0.3, -0.25) is 0 Å². The molecule has 2 atom stereocenters. The van der Waals surface area contributed by atoms with E-state index in [9.17, 15) is 14.8 Å². The van der Waals surface area contributed by atoms with Crippen LogP contribution in [0.15, 0.2) is 121 Å². The maximum atomic E-state index is 13.6. The molecule has 174 valence electrons. The van der Waals surface area contributed by atoms with Gasteiger partial charge in [0.2, 0.25) is 0 Å². The molecule has 0 radical (unpaired) electrons. The van der Waals surface area contributed by atoms with Crippen LogP contribution in [0.2, 0.25) is 0 Å². The molecule has 0 spiro atoms. The van der Waals surface area contributed by atoms with Crippen molar-refractivity contribution in [1.82, 2.24) is 0 Å². The number of benzene rings is 4. The minimum absolute atomic E-state index is 0.0237.